The van der Waals surface area contributed by atoms with Crippen LogP contribution in [0.1, 0.15) is 26.7 Å². The number of nitrogens with zero attached hydrogens (tertiary/aromatic N) is 1. The summed E-state index contributed by atoms with van der Waals surface area (Å²) in [6.07, 6.45) is 1.97. The highest BCUT2D eigenvalue weighted by atomic mass is 32.1. The Morgan fingerprint density at radius 1 is 1.36 bits per heavy atom. The fourth-order valence-corrected chi connectivity index (χ4v) is 4.36. The van der Waals surface area contributed by atoms with E-state index in [0.29, 0.717) is 0 Å². The molecular weight excluding hydrogens is 210 g/mol. The quantitative estimate of drug-likeness (QED) is 0.562. The highest BCUT2D eigenvalue weighted by molar-refractivity contribution is 7.96. The lowest BCUT2D eigenvalue weighted by Gasteiger charge is -2.38. The van der Waals surface area contributed by atoms with Crippen molar-refractivity contribution >= 4 is 26.0 Å². The van der Waals surface area contributed by atoms with Gasteiger partial charge in [-0.15, -0.1) is 12.6 Å². The van der Waals surface area contributed by atoms with Crippen molar-refractivity contribution in [2.24, 2.45) is 0 Å². The Hall–Kier alpha value is 0.197. The molecule has 0 spiro atoms. The van der Waals surface area contributed by atoms with Crippen molar-refractivity contribution in [1.29, 1.82) is 0 Å². The molecule has 0 bridgehead atoms. The average Bonchev–Trinajstić information content (AvgIpc) is 2.01. The lowest BCUT2D eigenvalue weighted by Crippen LogP contribution is -2.53. The molecule has 0 saturated heterocycles. The first kappa shape index (κ1) is 14.2. The van der Waals surface area contributed by atoms with E-state index in [1.165, 1.54) is 0 Å². The highest BCUT2D eigenvalue weighted by Gasteiger charge is 2.31. The molecule has 0 aromatic heterocycles. The van der Waals surface area contributed by atoms with E-state index in [1.807, 2.05) is 0 Å². The second-order valence-corrected chi connectivity index (χ2v) is 9.96. The summed E-state index contributed by atoms with van der Waals surface area (Å²) in [5.41, 5.74) is 0. The topological polar surface area (TPSA) is 20.3 Å². The van der Waals surface area contributed by atoms with E-state index >= 15 is 0 Å². The number of carbonyl (C=O) groups excluding carboxylic acids is 1. The minimum atomic E-state index is -1.39. The Morgan fingerprint density at radius 2 is 1.86 bits per heavy atom. The van der Waals surface area contributed by atoms with Crippen LogP contribution in [0.3, 0.4) is 0 Å². The lowest BCUT2D eigenvalue weighted by atomic mass is 10.2. The van der Waals surface area contributed by atoms with Gasteiger partial charge in [-0.25, -0.2) is 0 Å². The first-order valence-electron chi connectivity index (χ1n) is 5.34. The van der Waals surface area contributed by atoms with Crippen LogP contribution in [0.2, 0.25) is 19.6 Å². The van der Waals surface area contributed by atoms with Crippen LogP contribution in [0, 0.1) is 0 Å². The van der Waals surface area contributed by atoms with Crippen LogP contribution in [-0.4, -0.2) is 30.5 Å². The van der Waals surface area contributed by atoms with Gasteiger partial charge >= 0.3 is 0 Å². The van der Waals surface area contributed by atoms with Crippen LogP contribution < -0.4 is 0 Å². The molecule has 0 heterocycles. The standard InChI is InChI=1S/C10H23NOSSi/c1-6-8-9(10(12)13)11(7-2)14(3,4)5/h9H,6-8H2,1-5H3,(H,12,13). The molecule has 0 aromatic rings. The van der Waals surface area contributed by atoms with E-state index in [0.717, 1.165) is 19.4 Å². The third-order valence-corrected chi connectivity index (χ3v) is 5.07. The van der Waals surface area contributed by atoms with Gasteiger partial charge < -0.3 is 4.57 Å². The van der Waals surface area contributed by atoms with E-state index in [4.69, 9.17) is 0 Å². The number of hydrogen-bond donors (Lipinski definition) is 1. The van der Waals surface area contributed by atoms with E-state index < -0.39 is 8.24 Å². The minimum absolute atomic E-state index is 0.0242. The van der Waals surface area contributed by atoms with Gasteiger partial charge in [0.25, 0.3) is 0 Å². The fourth-order valence-electron chi connectivity index (χ4n) is 1.85. The fraction of sp³-hybridized carbons (Fsp3) is 0.900. The predicted octanol–water partition coefficient (Wildman–Crippen LogP) is 2.77. The number of thiol groups is 1. The van der Waals surface area contributed by atoms with Gasteiger partial charge in [0, 0.05) is 0 Å². The van der Waals surface area contributed by atoms with E-state index in [1.54, 1.807) is 0 Å². The highest BCUT2D eigenvalue weighted by Crippen LogP contribution is 2.18. The van der Waals surface area contributed by atoms with Gasteiger partial charge in [-0.1, -0.05) is 39.9 Å². The van der Waals surface area contributed by atoms with Gasteiger partial charge in [0.15, 0.2) is 0 Å². The summed E-state index contributed by atoms with van der Waals surface area (Å²) in [4.78, 5) is 11.4. The molecular formula is C10H23NOSSi. The van der Waals surface area contributed by atoms with Crippen LogP contribution in [0.15, 0.2) is 0 Å². The lowest BCUT2D eigenvalue weighted by molar-refractivity contribution is -0.114. The zero-order chi connectivity index (χ0) is 11.4. The molecule has 1 unspecified atom stereocenters. The third-order valence-electron chi connectivity index (χ3n) is 2.43. The molecule has 0 N–H and O–H groups in total. The summed E-state index contributed by atoms with van der Waals surface area (Å²) in [6.45, 7) is 12.0. The Balaban J connectivity index is 4.67. The molecule has 14 heavy (non-hydrogen) atoms. The van der Waals surface area contributed by atoms with E-state index in [-0.39, 0.29) is 11.2 Å². The summed E-state index contributed by atoms with van der Waals surface area (Å²) in [7, 11) is -1.39. The first-order chi connectivity index (χ1) is 6.34. The number of hydrogen-bond acceptors (Lipinski definition) is 2. The summed E-state index contributed by atoms with van der Waals surface area (Å²) < 4.78 is 2.35. The minimum Gasteiger partial charge on any atom is -0.314 e. The summed E-state index contributed by atoms with van der Waals surface area (Å²) in [6, 6.07) is 0.0278. The molecule has 2 nitrogen and oxygen atoms in total. The molecule has 0 aliphatic heterocycles. The zero-order valence-corrected chi connectivity index (χ0v) is 11.9. The summed E-state index contributed by atoms with van der Waals surface area (Å²) >= 11 is 3.99. The Kier molecular flexibility index (Phi) is 6.01. The summed E-state index contributed by atoms with van der Waals surface area (Å²) in [5, 5.41) is 0.0242. The van der Waals surface area contributed by atoms with Crippen molar-refractivity contribution in [2.45, 2.75) is 52.4 Å². The molecule has 4 heteroatoms. The van der Waals surface area contributed by atoms with Crippen molar-refractivity contribution in [2.75, 3.05) is 6.54 Å². The number of likely N-dealkylation sites (N-methyl/N-ethyl adjacent to an activating group) is 1. The Bertz CT molecular complexity index is 191. The van der Waals surface area contributed by atoms with Gasteiger partial charge in [-0.05, 0) is 13.0 Å². The molecule has 84 valence electrons. The van der Waals surface area contributed by atoms with Gasteiger partial charge in [0.2, 0.25) is 5.12 Å². The number of carbonyl (C=O) groups is 1. The molecule has 0 amide bonds. The molecule has 0 aromatic carbocycles. The van der Waals surface area contributed by atoms with Crippen molar-refractivity contribution in [3.8, 4) is 0 Å². The maximum atomic E-state index is 11.4. The summed E-state index contributed by atoms with van der Waals surface area (Å²) in [5.74, 6) is 0. The van der Waals surface area contributed by atoms with Crippen LogP contribution in [-0.2, 0) is 4.79 Å². The monoisotopic (exact) mass is 233 g/mol. The van der Waals surface area contributed by atoms with Crippen LogP contribution >= 0.6 is 12.6 Å². The maximum absolute atomic E-state index is 11.4. The van der Waals surface area contributed by atoms with Crippen molar-refractivity contribution in [3.05, 3.63) is 0 Å². The van der Waals surface area contributed by atoms with Gasteiger partial charge in [0.1, 0.15) is 8.24 Å². The smallest absolute Gasteiger partial charge is 0.202 e. The average molecular weight is 233 g/mol. The second-order valence-electron chi connectivity index (χ2n) is 4.60. The van der Waals surface area contributed by atoms with Crippen LogP contribution in [0.5, 0.6) is 0 Å². The molecule has 0 fully saturated rings. The van der Waals surface area contributed by atoms with Crippen LogP contribution in [0.25, 0.3) is 0 Å². The molecule has 0 aliphatic rings. The van der Waals surface area contributed by atoms with Gasteiger partial charge in [0.05, 0.1) is 6.04 Å². The van der Waals surface area contributed by atoms with E-state index in [2.05, 4.69) is 50.7 Å². The van der Waals surface area contributed by atoms with E-state index in [9.17, 15) is 4.79 Å². The SMILES string of the molecule is CCCC(C(=O)S)N(CC)[Si](C)(C)C. The normalized spacial score (nSPS) is 14.5. The largest absolute Gasteiger partial charge is 0.314 e. The maximum Gasteiger partial charge on any atom is 0.202 e. The molecule has 0 radical (unpaired) electrons. The van der Waals surface area contributed by atoms with Gasteiger partial charge in [-0.2, -0.15) is 0 Å². The van der Waals surface area contributed by atoms with Crippen LogP contribution in [0.4, 0.5) is 0 Å². The molecule has 0 saturated carbocycles. The molecule has 0 rings (SSSR count). The first-order valence-corrected chi connectivity index (χ1v) is 9.23. The number of rotatable bonds is 6. The predicted molar refractivity (Wildman–Crippen MR) is 68.4 cm³/mol. The molecule has 0 aliphatic carbocycles. The Morgan fingerprint density at radius 3 is 2.07 bits per heavy atom. The van der Waals surface area contributed by atoms with Crippen molar-refractivity contribution in [3.63, 3.8) is 0 Å². The molecule has 1 atom stereocenters. The second kappa shape index (κ2) is 5.93. The van der Waals surface area contributed by atoms with Crippen molar-refractivity contribution in [1.82, 2.24) is 4.57 Å². The van der Waals surface area contributed by atoms with Gasteiger partial charge in [-0.3, -0.25) is 4.79 Å². The Labute approximate surface area is 94.6 Å². The third kappa shape index (κ3) is 4.15. The zero-order valence-electron chi connectivity index (χ0n) is 10.0. The van der Waals surface area contributed by atoms with Crippen molar-refractivity contribution < 1.29 is 4.79 Å².